The standard InChI is InChI=1S/C22H43IO/c1-4-7-13-22(11-6-3)24-18-9-8-12-19(10-5-2)20-14-16-21(23)17-15-20/h19-22H,4-18H2,1-3H3. The minimum atomic E-state index is 0.528. The van der Waals surface area contributed by atoms with Crippen molar-refractivity contribution in [2.24, 2.45) is 11.8 Å². The Kier molecular flexibility index (Phi) is 14.0. The summed E-state index contributed by atoms with van der Waals surface area (Å²) < 4.78 is 7.14. The Labute approximate surface area is 166 Å². The van der Waals surface area contributed by atoms with Crippen molar-refractivity contribution in [3.63, 3.8) is 0 Å². The van der Waals surface area contributed by atoms with E-state index in [1.165, 1.54) is 89.9 Å². The van der Waals surface area contributed by atoms with Gasteiger partial charge in [-0.2, -0.15) is 0 Å². The zero-order valence-corrected chi connectivity index (χ0v) is 18.9. The lowest BCUT2D eigenvalue weighted by atomic mass is 9.76. The van der Waals surface area contributed by atoms with E-state index in [2.05, 4.69) is 43.4 Å². The summed E-state index contributed by atoms with van der Waals surface area (Å²) >= 11 is 2.66. The fourth-order valence-corrected chi connectivity index (χ4v) is 5.08. The molecule has 1 aliphatic carbocycles. The van der Waals surface area contributed by atoms with Crippen molar-refractivity contribution in [1.29, 1.82) is 0 Å². The van der Waals surface area contributed by atoms with Gasteiger partial charge in [-0.1, -0.05) is 88.3 Å². The third-order valence-electron chi connectivity index (χ3n) is 5.84. The molecular weight excluding hydrogens is 407 g/mol. The van der Waals surface area contributed by atoms with Gasteiger partial charge in [-0.05, 0) is 56.8 Å². The van der Waals surface area contributed by atoms with Crippen LogP contribution in [-0.4, -0.2) is 16.6 Å². The molecule has 0 aliphatic heterocycles. The van der Waals surface area contributed by atoms with Crippen LogP contribution in [0.3, 0.4) is 0 Å². The molecule has 1 rings (SSSR count). The number of unbranched alkanes of at least 4 members (excludes halogenated alkanes) is 2. The van der Waals surface area contributed by atoms with Crippen LogP contribution in [0.5, 0.6) is 0 Å². The van der Waals surface area contributed by atoms with E-state index in [9.17, 15) is 0 Å². The van der Waals surface area contributed by atoms with Crippen molar-refractivity contribution in [2.45, 2.75) is 121 Å². The maximum atomic E-state index is 6.18. The van der Waals surface area contributed by atoms with Crippen molar-refractivity contribution in [3.05, 3.63) is 0 Å². The number of alkyl halides is 1. The quantitative estimate of drug-likeness (QED) is 0.148. The highest BCUT2D eigenvalue weighted by Crippen LogP contribution is 2.37. The molecule has 1 aliphatic rings. The molecule has 0 heterocycles. The van der Waals surface area contributed by atoms with Crippen LogP contribution in [0.15, 0.2) is 0 Å². The first-order valence-electron chi connectivity index (χ1n) is 11.0. The average molecular weight is 450 g/mol. The molecule has 2 heteroatoms. The lowest BCUT2D eigenvalue weighted by Gasteiger charge is -2.32. The lowest BCUT2D eigenvalue weighted by Crippen LogP contribution is -2.22. The van der Waals surface area contributed by atoms with Gasteiger partial charge in [0, 0.05) is 10.5 Å². The first kappa shape index (κ1) is 22.7. The zero-order chi connectivity index (χ0) is 17.6. The van der Waals surface area contributed by atoms with E-state index in [4.69, 9.17) is 4.74 Å². The zero-order valence-electron chi connectivity index (χ0n) is 16.7. The van der Waals surface area contributed by atoms with E-state index in [1.807, 2.05) is 0 Å². The molecule has 0 bridgehead atoms. The molecule has 0 amide bonds. The molecule has 24 heavy (non-hydrogen) atoms. The van der Waals surface area contributed by atoms with Crippen LogP contribution in [-0.2, 0) is 4.74 Å². The first-order chi connectivity index (χ1) is 11.7. The predicted octanol–water partition coefficient (Wildman–Crippen LogP) is 7.94. The third-order valence-corrected chi connectivity index (χ3v) is 7.09. The monoisotopic (exact) mass is 450 g/mol. The SMILES string of the molecule is CCCCC(CCC)OCCCCC(CCC)C1CCC(I)CC1. The Hall–Kier alpha value is 0.690. The van der Waals surface area contributed by atoms with Crippen molar-refractivity contribution < 1.29 is 4.74 Å². The van der Waals surface area contributed by atoms with Crippen LogP contribution in [0.1, 0.15) is 111 Å². The van der Waals surface area contributed by atoms with Gasteiger partial charge < -0.3 is 4.74 Å². The Balaban J connectivity index is 2.19. The van der Waals surface area contributed by atoms with Gasteiger partial charge in [0.2, 0.25) is 0 Å². The van der Waals surface area contributed by atoms with Crippen molar-refractivity contribution in [3.8, 4) is 0 Å². The van der Waals surface area contributed by atoms with E-state index in [-0.39, 0.29) is 0 Å². The van der Waals surface area contributed by atoms with Gasteiger partial charge in [-0.15, -0.1) is 0 Å². The molecule has 1 nitrogen and oxygen atoms in total. The van der Waals surface area contributed by atoms with E-state index >= 15 is 0 Å². The summed E-state index contributed by atoms with van der Waals surface area (Å²) in [5.74, 6) is 2.01. The fourth-order valence-electron chi connectivity index (χ4n) is 4.36. The number of ether oxygens (including phenoxy) is 1. The van der Waals surface area contributed by atoms with Gasteiger partial charge in [0.25, 0.3) is 0 Å². The predicted molar refractivity (Wildman–Crippen MR) is 116 cm³/mol. The minimum absolute atomic E-state index is 0.528. The second-order valence-electron chi connectivity index (χ2n) is 7.98. The summed E-state index contributed by atoms with van der Waals surface area (Å²) in [4.78, 5) is 0. The summed E-state index contributed by atoms with van der Waals surface area (Å²) in [6.07, 6.45) is 19.7. The number of hydrogen-bond acceptors (Lipinski definition) is 1. The molecule has 0 spiro atoms. The molecule has 1 fully saturated rings. The fraction of sp³-hybridized carbons (Fsp3) is 1.00. The molecule has 144 valence electrons. The molecule has 2 atom stereocenters. The summed E-state index contributed by atoms with van der Waals surface area (Å²) in [6, 6.07) is 0. The van der Waals surface area contributed by atoms with Gasteiger partial charge in [0.1, 0.15) is 0 Å². The maximum absolute atomic E-state index is 6.18. The van der Waals surface area contributed by atoms with Crippen LogP contribution in [0.2, 0.25) is 0 Å². The van der Waals surface area contributed by atoms with Gasteiger partial charge in [-0.3, -0.25) is 0 Å². The van der Waals surface area contributed by atoms with E-state index in [1.54, 1.807) is 0 Å². The molecular formula is C22H43IO. The molecule has 0 N–H and O–H groups in total. The molecule has 1 saturated carbocycles. The highest BCUT2D eigenvalue weighted by molar-refractivity contribution is 14.1. The van der Waals surface area contributed by atoms with Crippen molar-refractivity contribution >= 4 is 22.6 Å². The largest absolute Gasteiger partial charge is 0.378 e. The Morgan fingerprint density at radius 3 is 2.12 bits per heavy atom. The number of rotatable bonds is 14. The molecule has 0 aromatic rings. The molecule has 0 aromatic carbocycles. The van der Waals surface area contributed by atoms with E-state index in [0.717, 1.165) is 22.4 Å². The van der Waals surface area contributed by atoms with E-state index < -0.39 is 0 Å². The van der Waals surface area contributed by atoms with Crippen LogP contribution in [0.25, 0.3) is 0 Å². The molecule has 2 unspecified atom stereocenters. The average Bonchev–Trinajstić information content (AvgIpc) is 2.59. The molecule has 0 radical (unpaired) electrons. The van der Waals surface area contributed by atoms with E-state index in [0.29, 0.717) is 6.10 Å². The van der Waals surface area contributed by atoms with Crippen LogP contribution in [0.4, 0.5) is 0 Å². The topological polar surface area (TPSA) is 9.23 Å². The second-order valence-corrected chi connectivity index (χ2v) is 9.74. The van der Waals surface area contributed by atoms with Crippen molar-refractivity contribution in [1.82, 2.24) is 0 Å². The normalized spacial score (nSPS) is 24.0. The highest BCUT2D eigenvalue weighted by atomic mass is 127. The smallest absolute Gasteiger partial charge is 0.0575 e. The van der Waals surface area contributed by atoms with Gasteiger partial charge in [-0.25, -0.2) is 0 Å². The van der Waals surface area contributed by atoms with Gasteiger partial charge in [0.05, 0.1) is 6.10 Å². The summed E-state index contributed by atoms with van der Waals surface area (Å²) in [5.41, 5.74) is 0. The summed E-state index contributed by atoms with van der Waals surface area (Å²) in [5, 5.41) is 0. The summed E-state index contributed by atoms with van der Waals surface area (Å²) in [7, 11) is 0. The molecule has 0 saturated heterocycles. The molecule has 0 aromatic heterocycles. The first-order valence-corrected chi connectivity index (χ1v) is 12.2. The Morgan fingerprint density at radius 1 is 0.792 bits per heavy atom. The summed E-state index contributed by atoms with van der Waals surface area (Å²) in [6.45, 7) is 7.92. The lowest BCUT2D eigenvalue weighted by molar-refractivity contribution is 0.0364. The minimum Gasteiger partial charge on any atom is -0.378 e. The van der Waals surface area contributed by atoms with Gasteiger partial charge >= 0.3 is 0 Å². The second kappa shape index (κ2) is 14.8. The number of hydrogen-bond donors (Lipinski definition) is 0. The third kappa shape index (κ3) is 9.99. The Bertz CT molecular complexity index is 273. The maximum Gasteiger partial charge on any atom is 0.0575 e. The number of halogens is 1. The van der Waals surface area contributed by atoms with Gasteiger partial charge in [0.15, 0.2) is 0 Å². The highest BCUT2D eigenvalue weighted by Gasteiger charge is 2.25. The van der Waals surface area contributed by atoms with Crippen LogP contribution >= 0.6 is 22.6 Å². The van der Waals surface area contributed by atoms with Crippen LogP contribution < -0.4 is 0 Å². The Morgan fingerprint density at radius 2 is 1.50 bits per heavy atom. The van der Waals surface area contributed by atoms with Crippen molar-refractivity contribution in [2.75, 3.05) is 6.61 Å². The van der Waals surface area contributed by atoms with Crippen LogP contribution in [0, 0.1) is 11.8 Å².